The van der Waals surface area contributed by atoms with Gasteiger partial charge in [-0.15, -0.1) is 11.3 Å². The number of ether oxygens (including phenoxy) is 2. The monoisotopic (exact) mass is 368 g/mol. The minimum atomic E-state index is -0.182. The molecule has 0 spiro atoms. The lowest BCUT2D eigenvalue weighted by Crippen LogP contribution is -2.26. The molecule has 0 aliphatic heterocycles. The molecule has 0 bridgehead atoms. The van der Waals surface area contributed by atoms with E-state index in [9.17, 15) is 4.79 Å². The van der Waals surface area contributed by atoms with Crippen molar-refractivity contribution in [1.82, 2.24) is 4.98 Å². The van der Waals surface area contributed by atoms with Crippen LogP contribution in [0.1, 0.15) is 16.1 Å². The fourth-order valence-corrected chi connectivity index (χ4v) is 3.28. The van der Waals surface area contributed by atoms with E-state index in [4.69, 9.17) is 9.47 Å². The summed E-state index contributed by atoms with van der Waals surface area (Å²) in [6.45, 7) is 2.74. The smallest absolute Gasteiger partial charge is 0.268 e. The van der Waals surface area contributed by atoms with Gasteiger partial charge in [-0.2, -0.15) is 0 Å². The van der Waals surface area contributed by atoms with E-state index in [1.54, 1.807) is 24.1 Å². The fourth-order valence-electron chi connectivity index (χ4n) is 2.46. The van der Waals surface area contributed by atoms with Crippen molar-refractivity contribution in [3.8, 4) is 5.75 Å². The highest BCUT2D eigenvalue weighted by Gasteiger charge is 2.24. The van der Waals surface area contributed by atoms with Crippen LogP contribution in [0.4, 0.5) is 10.8 Å². The van der Waals surface area contributed by atoms with Crippen LogP contribution in [0, 0.1) is 6.92 Å². The van der Waals surface area contributed by atoms with Gasteiger partial charge >= 0.3 is 0 Å². The molecule has 0 saturated heterocycles. The number of anilines is 2. The van der Waals surface area contributed by atoms with Crippen LogP contribution in [0.3, 0.4) is 0 Å². The lowest BCUT2D eigenvalue weighted by Gasteiger charge is -2.21. The second-order valence-corrected chi connectivity index (χ2v) is 6.42. The second kappa shape index (κ2) is 8.60. The molecule has 134 valence electrons. The summed E-state index contributed by atoms with van der Waals surface area (Å²) in [7, 11) is 1.61. The third-order valence-corrected chi connectivity index (χ3v) is 4.62. The van der Waals surface area contributed by atoms with Crippen molar-refractivity contribution in [1.29, 1.82) is 0 Å². The van der Waals surface area contributed by atoms with Crippen LogP contribution in [-0.2, 0) is 4.74 Å². The first-order valence-electron chi connectivity index (χ1n) is 8.23. The largest absolute Gasteiger partial charge is 0.490 e. The van der Waals surface area contributed by atoms with Gasteiger partial charge in [0.25, 0.3) is 5.91 Å². The molecule has 1 amide bonds. The quantitative estimate of drug-likeness (QED) is 0.578. The van der Waals surface area contributed by atoms with Crippen molar-refractivity contribution in [2.24, 2.45) is 0 Å². The Morgan fingerprint density at radius 1 is 1.08 bits per heavy atom. The van der Waals surface area contributed by atoms with Crippen LogP contribution in [0.5, 0.6) is 5.75 Å². The van der Waals surface area contributed by atoms with Gasteiger partial charge in [-0.25, -0.2) is 4.98 Å². The van der Waals surface area contributed by atoms with Gasteiger partial charge in [0.1, 0.15) is 12.4 Å². The summed E-state index contributed by atoms with van der Waals surface area (Å²) in [5, 5.41) is 2.56. The van der Waals surface area contributed by atoms with E-state index in [0.717, 1.165) is 11.4 Å². The number of aromatic nitrogens is 1. The minimum absolute atomic E-state index is 0.182. The molecule has 1 aromatic heterocycles. The Bertz CT molecular complexity index is 864. The Morgan fingerprint density at radius 3 is 2.50 bits per heavy atom. The van der Waals surface area contributed by atoms with Crippen LogP contribution < -0.4 is 9.64 Å². The van der Waals surface area contributed by atoms with Gasteiger partial charge in [0.05, 0.1) is 23.6 Å². The molecular weight excluding hydrogens is 348 g/mol. The van der Waals surface area contributed by atoms with Crippen LogP contribution in [0.15, 0.2) is 60.0 Å². The maximum atomic E-state index is 13.4. The van der Waals surface area contributed by atoms with Gasteiger partial charge in [0, 0.05) is 12.5 Å². The van der Waals surface area contributed by atoms with Gasteiger partial charge in [0.15, 0.2) is 5.13 Å². The number of methoxy groups -OCH3 is 1. The zero-order valence-electron chi connectivity index (χ0n) is 14.7. The van der Waals surface area contributed by atoms with Crippen LogP contribution >= 0.6 is 11.3 Å². The summed E-state index contributed by atoms with van der Waals surface area (Å²) >= 11 is 1.44. The van der Waals surface area contributed by atoms with E-state index >= 15 is 0 Å². The van der Waals surface area contributed by atoms with Gasteiger partial charge < -0.3 is 9.47 Å². The molecule has 0 aliphatic rings. The van der Waals surface area contributed by atoms with Crippen molar-refractivity contribution >= 4 is 28.1 Å². The predicted octanol–water partition coefficient (Wildman–Crippen LogP) is 4.46. The number of para-hydroxylation sites is 2. The molecule has 1 heterocycles. The second-order valence-electron chi connectivity index (χ2n) is 5.58. The normalized spacial score (nSPS) is 10.5. The summed E-state index contributed by atoms with van der Waals surface area (Å²) in [4.78, 5) is 19.5. The molecule has 0 fully saturated rings. The van der Waals surface area contributed by atoms with Crippen molar-refractivity contribution in [2.45, 2.75) is 6.92 Å². The predicted molar refractivity (Wildman–Crippen MR) is 104 cm³/mol. The average molecular weight is 368 g/mol. The van der Waals surface area contributed by atoms with E-state index < -0.39 is 0 Å². The highest BCUT2D eigenvalue weighted by atomic mass is 32.1. The molecule has 0 unspecified atom stereocenters. The van der Waals surface area contributed by atoms with Crippen LogP contribution in [-0.4, -0.2) is 31.2 Å². The molecule has 0 atom stereocenters. The number of thiazole rings is 1. The Kier molecular flexibility index (Phi) is 5.99. The molecule has 26 heavy (non-hydrogen) atoms. The Labute approximate surface area is 156 Å². The highest BCUT2D eigenvalue weighted by molar-refractivity contribution is 7.14. The number of aryl methyl sites for hydroxylation is 1. The zero-order valence-corrected chi connectivity index (χ0v) is 15.5. The first-order chi connectivity index (χ1) is 12.7. The third kappa shape index (κ3) is 4.09. The first kappa shape index (κ1) is 18.1. The molecule has 0 aliphatic carbocycles. The number of amides is 1. The van der Waals surface area contributed by atoms with Crippen LogP contribution in [0.25, 0.3) is 0 Å². The minimum Gasteiger partial charge on any atom is -0.490 e. The molecular formula is C20H20N2O3S. The zero-order chi connectivity index (χ0) is 18.4. The summed E-state index contributed by atoms with van der Waals surface area (Å²) in [6, 6.07) is 16.7. The molecule has 3 aromatic rings. The van der Waals surface area contributed by atoms with Crippen molar-refractivity contribution < 1.29 is 14.3 Å². The number of rotatable bonds is 7. The summed E-state index contributed by atoms with van der Waals surface area (Å²) < 4.78 is 10.8. The summed E-state index contributed by atoms with van der Waals surface area (Å²) in [5.41, 5.74) is 2.13. The number of hydrogen-bond donors (Lipinski definition) is 0. The van der Waals surface area contributed by atoms with E-state index in [2.05, 4.69) is 4.98 Å². The van der Waals surface area contributed by atoms with Gasteiger partial charge in [-0.05, 0) is 31.2 Å². The van der Waals surface area contributed by atoms with Gasteiger partial charge in [-0.3, -0.25) is 9.69 Å². The van der Waals surface area contributed by atoms with Crippen molar-refractivity contribution in [3.63, 3.8) is 0 Å². The SMILES string of the molecule is COCCOc1ccccc1C(=O)N(c1ccccc1)c1nc(C)cs1. The fraction of sp³-hybridized carbons (Fsp3) is 0.200. The standard InChI is InChI=1S/C20H20N2O3S/c1-15-14-26-20(21-15)22(16-8-4-3-5-9-16)19(23)17-10-6-7-11-18(17)25-13-12-24-2/h3-11,14H,12-13H2,1-2H3. The summed E-state index contributed by atoms with van der Waals surface area (Å²) in [5.74, 6) is 0.349. The Morgan fingerprint density at radius 2 is 1.81 bits per heavy atom. The molecule has 5 nitrogen and oxygen atoms in total. The number of nitrogens with zero attached hydrogens (tertiary/aromatic N) is 2. The molecule has 0 saturated carbocycles. The van der Waals surface area contributed by atoms with E-state index in [1.165, 1.54) is 11.3 Å². The lowest BCUT2D eigenvalue weighted by molar-refractivity contribution is 0.0991. The van der Waals surface area contributed by atoms with Crippen molar-refractivity contribution in [2.75, 3.05) is 25.2 Å². The third-order valence-electron chi connectivity index (χ3n) is 3.68. The lowest BCUT2D eigenvalue weighted by atomic mass is 10.1. The maximum Gasteiger partial charge on any atom is 0.268 e. The number of carbonyl (C=O) groups is 1. The number of benzene rings is 2. The Hall–Kier alpha value is -2.70. The molecule has 6 heteroatoms. The maximum absolute atomic E-state index is 13.4. The van der Waals surface area contributed by atoms with E-state index in [1.807, 2.05) is 54.8 Å². The molecule has 3 rings (SSSR count). The molecule has 0 N–H and O–H groups in total. The van der Waals surface area contributed by atoms with E-state index in [0.29, 0.717) is 29.7 Å². The number of carbonyl (C=O) groups excluding carboxylic acids is 1. The molecule has 0 radical (unpaired) electrons. The van der Waals surface area contributed by atoms with Gasteiger partial charge in [-0.1, -0.05) is 30.3 Å². The number of hydrogen-bond acceptors (Lipinski definition) is 5. The van der Waals surface area contributed by atoms with Crippen molar-refractivity contribution in [3.05, 3.63) is 71.2 Å². The topological polar surface area (TPSA) is 51.7 Å². The summed E-state index contributed by atoms with van der Waals surface area (Å²) in [6.07, 6.45) is 0. The Balaban J connectivity index is 1.99. The van der Waals surface area contributed by atoms with Gasteiger partial charge in [0.2, 0.25) is 0 Å². The van der Waals surface area contributed by atoms with Crippen LogP contribution in [0.2, 0.25) is 0 Å². The van der Waals surface area contributed by atoms with E-state index in [-0.39, 0.29) is 5.91 Å². The first-order valence-corrected chi connectivity index (χ1v) is 9.11. The molecule has 2 aromatic carbocycles. The average Bonchev–Trinajstić information content (AvgIpc) is 3.09. The highest BCUT2D eigenvalue weighted by Crippen LogP contribution is 2.32.